The molecule has 2 atom stereocenters. The van der Waals surface area contributed by atoms with Gasteiger partial charge in [0.2, 0.25) is 5.91 Å². The summed E-state index contributed by atoms with van der Waals surface area (Å²) in [6, 6.07) is 0. The minimum Gasteiger partial charge on any atom is -0.375 e. The van der Waals surface area contributed by atoms with Gasteiger partial charge in [-0.15, -0.1) is 0 Å². The average molecular weight is 256 g/mol. The molecule has 1 aliphatic heterocycles. The third-order valence-corrected chi connectivity index (χ3v) is 3.40. The number of carbonyl (C=O) groups is 1. The topological polar surface area (TPSA) is 55.6 Å². The summed E-state index contributed by atoms with van der Waals surface area (Å²) in [6.45, 7) is 11.0. The highest BCUT2D eigenvalue weighted by Gasteiger charge is 2.30. The van der Waals surface area contributed by atoms with Crippen LogP contribution in [0.15, 0.2) is 0 Å². The Balaban J connectivity index is 2.60. The molecule has 0 radical (unpaired) electrons. The van der Waals surface area contributed by atoms with Crippen molar-refractivity contribution in [2.24, 2.45) is 17.1 Å². The molecular formula is C14H28N2O2. The predicted octanol–water partition coefficient (Wildman–Crippen LogP) is 1.63. The first-order valence-corrected chi connectivity index (χ1v) is 6.98. The van der Waals surface area contributed by atoms with Crippen LogP contribution in [-0.4, -0.2) is 43.2 Å². The fourth-order valence-corrected chi connectivity index (χ4v) is 2.44. The number of nitrogens with zero attached hydrogens (tertiary/aromatic N) is 1. The van der Waals surface area contributed by atoms with E-state index >= 15 is 0 Å². The lowest BCUT2D eigenvalue weighted by atomic mass is 9.84. The number of carbonyl (C=O) groups excluding carboxylic acids is 1. The second-order valence-electron chi connectivity index (χ2n) is 6.38. The van der Waals surface area contributed by atoms with Crippen LogP contribution >= 0.6 is 0 Å². The minimum atomic E-state index is -0.0550. The van der Waals surface area contributed by atoms with Gasteiger partial charge in [-0.3, -0.25) is 4.79 Å². The number of nitrogens with two attached hydrogens (primary N) is 1. The number of hydrogen-bond donors (Lipinski definition) is 1. The van der Waals surface area contributed by atoms with E-state index in [-0.39, 0.29) is 23.3 Å². The molecule has 0 aromatic rings. The highest BCUT2D eigenvalue weighted by Crippen LogP contribution is 2.25. The summed E-state index contributed by atoms with van der Waals surface area (Å²) >= 11 is 0. The smallest absolute Gasteiger partial charge is 0.227 e. The maximum Gasteiger partial charge on any atom is 0.227 e. The molecule has 2 unspecified atom stereocenters. The fraction of sp³-hybridized carbons (Fsp3) is 0.929. The van der Waals surface area contributed by atoms with Gasteiger partial charge >= 0.3 is 0 Å². The molecule has 1 rings (SSSR count). The van der Waals surface area contributed by atoms with Crippen LogP contribution in [0.2, 0.25) is 0 Å². The van der Waals surface area contributed by atoms with Crippen LogP contribution in [0.25, 0.3) is 0 Å². The first-order chi connectivity index (χ1) is 8.37. The van der Waals surface area contributed by atoms with Gasteiger partial charge in [-0.05, 0) is 18.3 Å². The van der Waals surface area contributed by atoms with Crippen molar-refractivity contribution in [3.8, 4) is 0 Å². The number of amides is 1. The van der Waals surface area contributed by atoms with Crippen LogP contribution in [0.5, 0.6) is 0 Å². The Bertz CT molecular complexity index is 273. The number of morpholine rings is 1. The molecule has 0 bridgehead atoms. The van der Waals surface area contributed by atoms with Crippen LogP contribution < -0.4 is 5.73 Å². The van der Waals surface area contributed by atoms with Gasteiger partial charge in [-0.1, -0.05) is 27.7 Å². The lowest BCUT2D eigenvalue weighted by molar-refractivity contribution is -0.143. The van der Waals surface area contributed by atoms with Crippen molar-refractivity contribution in [2.75, 3.05) is 26.2 Å². The van der Waals surface area contributed by atoms with Gasteiger partial charge in [0.1, 0.15) is 0 Å². The average Bonchev–Trinajstić information content (AvgIpc) is 2.34. The molecule has 106 valence electrons. The Kier molecular flexibility index (Phi) is 5.60. The number of ether oxygens (including phenoxy) is 1. The zero-order chi connectivity index (χ0) is 13.8. The Hall–Kier alpha value is -0.610. The van der Waals surface area contributed by atoms with Gasteiger partial charge in [0, 0.05) is 19.6 Å². The standard InChI is InChI=1S/C14H28N2O2/c1-5-12-10-16(6-7-18-12)13(17)11(9-15)8-14(2,3)4/h11-12H,5-10,15H2,1-4H3. The van der Waals surface area contributed by atoms with Crippen molar-refractivity contribution < 1.29 is 9.53 Å². The molecule has 18 heavy (non-hydrogen) atoms. The van der Waals surface area contributed by atoms with Crippen molar-refractivity contribution in [1.29, 1.82) is 0 Å². The summed E-state index contributed by atoms with van der Waals surface area (Å²) in [4.78, 5) is 14.4. The molecule has 0 aliphatic carbocycles. The van der Waals surface area contributed by atoms with Crippen molar-refractivity contribution in [1.82, 2.24) is 4.90 Å². The fourth-order valence-electron chi connectivity index (χ4n) is 2.44. The van der Waals surface area contributed by atoms with Gasteiger partial charge in [0.25, 0.3) is 0 Å². The quantitative estimate of drug-likeness (QED) is 0.832. The molecule has 2 N–H and O–H groups in total. The zero-order valence-corrected chi connectivity index (χ0v) is 12.2. The van der Waals surface area contributed by atoms with E-state index < -0.39 is 0 Å². The van der Waals surface area contributed by atoms with Crippen LogP contribution in [-0.2, 0) is 9.53 Å². The van der Waals surface area contributed by atoms with Gasteiger partial charge in [-0.2, -0.15) is 0 Å². The Labute approximate surface area is 111 Å². The van der Waals surface area contributed by atoms with Crippen molar-refractivity contribution >= 4 is 5.91 Å². The molecule has 1 heterocycles. The SMILES string of the molecule is CCC1CN(C(=O)C(CN)CC(C)(C)C)CCO1. The molecule has 0 aromatic carbocycles. The van der Waals surface area contributed by atoms with E-state index in [4.69, 9.17) is 10.5 Å². The summed E-state index contributed by atoms with van der Waals surface area (Å²) in [5.41, 5.74) is 5.91. The third-order valence-electron chi connectivity index (χ3n) is 3.40. The molecule has 1 saturated heterocycles. The third kappa shape index (κ3) is 4.58. The van der Waals surface area contributed by atoms with E-state index in [2.05, 4.69) is 27.7 Å². The number of hydrogen-bond acceptors (Lipinski definition) is 3. The van der Waals surface area contributed by atoms with E-state index in [0.29, 0.717) is 19.7 Å². The molecule has 4 heteroatoms. The molecule has 4 nitrogen and oxygen atoms in total. The summed E-state index contributed by atoms with van der Waals surface area (Å²) in [5, 5.41) is 0. The highest BCUT2D eigenvalue weighted by molar-refractivity contribution is 5.79. The van der Waals surface area contributed by atoms with E-state index in [0.717, 1.165) is 19.4 Å². The molecule has 0 aromatic heterocycles. The monoisotopic (exact) mass is 256 g/mol. The van der Waals surface area contributed by atoms with E-state index in [1.54, 1.807) is 0 Å². The molecule has 1 fully saturated rings. The summed E-state index contributed by atoms with van der Waals surface area (Å²) in [7, 11) is 0. The van der Waals surface area contributed by atoms with Crippen molar-refractivity contribution in [3.63, 3.8) is 0 Å². The van der Waals surface area contributed by atoms with Gasteiger partial charge in [-0.25, -0.2) is 0 Å². The zero-order valence-electron chi connectivity index (χ0n) is 12.2. The first kappa shape index (κ1) is 15.4. The lowest BCUT2D eigenvalue weighted by Gasteiger charge is -2.35. The van der Waals surface area contributed by atoms with Crippen molar-refractivity contribution in [2.45, 2.75) is 46.6 Å². The van der Waals surface area contributed by atoms with E-state index in [9.17, 15) is 4.79 Å². The van der Waals surface area contributed by atoms with Gasteiger partial charge in [0.15, 0.2) is 0 Å². The largest absolute Gasteiger partial charge is 0.375 e. The van der Waals surface area contributed by atoms with Crippen LogP contribution in [0.3, 0.4) is 0 Å². The molecular weight excluding hydrogens is 228 g/mol. The van der Waals surface area contributed by atoms with E-state index in [1.807, 2.05) is 4.90 Å². The molecule has 0 saturated carbocycles. The van der Waals surface area contributed by atoms with Crippen LogP contribution in [0.1, 0.15) is 40.5 Å². The molecule has 0 spiro atoms. The lowest BCUT2D eigenvalue weighted by Crippen LogP contribution is -2.49. The second kappa shape index (κ2) is 6.53. The summed E-state index contributed by atoms with van der Waals surface area (Å²) in [5.74, 6) is 0.148. The van der Waals surface area contributed by atoms with E-state index in [1.165, 1.54) is 0 Å². The van der Waals surface area contributed by atoms with Crippen molar-refractivity contribution in [3.05, 3.63) is 0 Å². The molecule has 1 amide bonds. The van der Waals surface area contributed by atoms with Crippen LogP contribution in [0.4, 0.5) is 0 Å². The maximum atomic E-state index is 12.5. The summed E-state index contributed by atoms with van der Waals surface area (Å²) in [6.07, 6.45) is 1.99. The second-order valence-corrected chi connectivity index (χ2v) is 6.38. The van der Waals surface area contributed by atoms with Gasteiger partial charge < -0.3 is 15.4 Å². The molecule has 1 aliphatic rings. The Morgan fingerprint density at radius 2 is 2.17 bits per heavy atom. The highest BCUT2D eigenvalue weighted by atomic mass is 16.5. The Morgan fingerprint density at radius 1 is 1.50 bits per heavy atom. The van der Waals surface area contributed by atoms with Crippen LogP contribution in [0, 0.1) is 11.3 Å². The number of rotatable bonds is 4. The normalized spacial score (nSPS) is 22.9. The maximum absolute atomic E-state index is 12.5. The van der Waals surface area contributed by atoms with Gasteiger partial charge in [0.05, 0.1) is 18.6 Å². The Morgan fingerprint density at radius 3 is 2.67 bits per heavy atom. The predicted molar refractivity (Wildman–Crippen MR) is 73.2 cm³/mol. The summed E-state index contributed by atoms with van der Waals surface area (Å²) < 4.78 is 5.60. The minimum absolute atomic E-state index is 0.0550. The first-order valence-electron chi connectivity index (χ1n) is 6.98.